The molecule has 1 aliphatic carbocycles. The summed E-state index contributed by atoms with van der Waals surface area (Å²) in [4.78, 5) is 10.7. The van der Waals surface area contributed by atoms with Gasteiger partial charge in [0, 0.05) is 0 Å². The van der Waals surface area contributed by atoms with Gasteiger partial charge in [-0.25, -0.2) is 0 Å². The Hall–Kier alpha value is -1.35. The lowest BCUT2D eigenvalue weighted by atomic mass is 9.79. The largest absolute Gasteiger partial charge is 0.480 e. The zero-order valence-corrected chi connectivity index (χ0v) is 8.52. The summed E-state index contributed by atoms with van der Waals surface area (Å²) in [6.45, 7) is 0. The van der Waals surface area contributed by atoms with Gasteiger partial charge in [-0.05, 0) is 29.9 Å². The fourth-order valence-corrected chi connectivity index (χ4v) is 1.89. The Morgan fingerprint density at radius 2 is 2.20 bits per heavy atom. The lowest BCUT2D eigenvalue weighted by Crippen LogP contribution is -2.21. The minimum atomic E-state index is -0.972. The Morgan fingerprint density at radius 3 is 2.73 bits per heavy atom. The Kier molecular flexibility index (Phi) is 2.73. The Morgan fingerprint density at radius 1 is 1.47 bits per heavy atom. The molecule has 3 N–H and O–H groups in total. The minimum absolute atomic E-state index is 0.617. The summed E-state index contributed by atoms with van der Waals surface area (Å²) in [5.41, 5.74) is 7.50. The second kappa shape index (κ2) is 4.03. The van der Waals surface area contributed by atoms with Crippen molar-refractivity contribution in [3.05, 3.63) is 35.4 Å². The van der Waals surface area contributed by atoms with Gasteiger partial charge in [-0.15, -0.1) is 0 Å². The second-order valence-electron chi connectivity index (χ2n) is 4.11. The average molecular weight is 205 g/mol. The van der Waals surface area contributed by atoms with E-state index in [-0.39, 0.29) is 0 Å². The minimum Gasteiger partial charge on any atom is -0.480 e. The summed E-state index contributed by atoms with van der Waals surface area (Å²) in [5.74, 6) is -0.355. The van der Waals surface area contributed by atoms with Gasteiger partial charge < -0.3 is 10.8 Å². The molecule has 1 aliphatic rings. The van der Waals surface area contributed by atoms with Crippen LogP contribution in [-0.2, 0) is 4.79 Å². The highest BCUT2D eigenvalue weighted by molar-refractivity contribution is 5.75. The maximum absolute atomic E-state index is 10.7. The van der Waals surface area contributed by atoms with Crippen molar-refractivity contribution in [1.29, 1.82) is 0 Å². The average Bonchev–Trinajstić information content (AvgIpc) is 2.14. The number of aliphatic carboxylic acids is 1. The number of carbonyl (C=O) groups is 1. The van der Waals surface area contributed by atoms with Crippen molar-refractivity contribution in [3.63, 3.8) is 0 Å². The maximum atomic E-state index is 10.7. The lowest BCUT2D eigenvalue weighted by molar-refractivity contribution is -0.138. The molecular weight excluding hydrogens is 190 g/mol. The van der Waals surface area contributed by atoms with Crippen LogP contribution in [0.3, 0.4) is 0 Å². The molecule has 2 rings (SSSR count). The van der Waals surface area contributed by atoms with Crippen LogP contribution in [0.4, 0.5) is 0 Å². The van der Waals surface area contributed by atoms with E-state index < -0.39 is 12.0 Å². The zero-order chi connectivity index (χ0) is 10.8. The van der Waals surface area contributed by atoms with E-state index in [0.29, 0.717) is 11.5 Å². The van der Waals surface area contributed by atoms with Crippen molar-refractivity contribution in [2.45, 2.75) is 31.2 Å². The van der Waals surface area contributed by atoms with E-state index in [1.54, 1.807) is 6.07 Å². The molecule has 0 amide bonds. The van der Waals surface area contributed by atoms with E-state index in [1.807, 2.05) is 12.1 Å². The summed E-state index contributed by atoms with van der Waals surface area (Å²) in [6.07, 6.45) is 3.71. The molecule has 1 fully saturated rings. The van der Waals surface area contributed by atoms with Crippen LogP contribution < -0.4 is 5.73 Å². The monoisotopic (exact) mass is 205 g/mol. The number of benzene rings is 1. The molecule has 1 unspecified atom stereocenters. The van der Waals surface area contributed by atoms with Gasteiger partial charge in [0.2, 0.25) is 0 Å². The Balaban J connectivity index is 2.21. The van der Waals surface area contributed by atoms with Gasteiger partial charge in [0.15, 0.2) is 0 Å². The quantitative estimate of drug-likeness (QED) is 0.793. The number of nitrogens with two attached hydrogens (primary N) is 1. The third-order valence-corrected chi connectivity index (χ3v) is 3.11. The number of carboxylic acid groups (broad SMARTS) is 1. The van der Waals surface area contributed by atoms with Crippen LogP contribution in [0, 0.1) is 0 Å². The fourth-order valence-electron chi connectivity index (χ4n) is 1.89. The third kappa shape index (κ3) is 2.02. The van der Waals surface area contributed by atoms with E-state index in [1.165, 1.54) is 24.8 Å². The highest BCUT2D eigenvalue weighted by Gasteiger charge is 2.21. The predicted octanol–water partition coefficient (Wildman–Crippen LogP) is 2.04. The van der Waals surface area contributed by atoms with Crippen LogP contribution in [-0.4, -0.2) is 11.1 Å². The molecule has 1 aromatic carbocycles. The molecule has 3 nitrogen and oxygen atoms in total. The van der Waals surface area contributed by atoms with Crippen molar-refractivity contribution in [1.82, 2.24) is 0 Å². The second-order valence-corrected chi connectivity index (χ2v) is 4.11. The molecular formula is C12H15NO2. The summed E-state index contributed by atoms with van der Waals surface area (Å²) in [6, 6.07) is 6.77. The van der Waals surface area contributed by atoms with Crippen LogP contribution in [0.1, 0.15) is 42.3 Å². The van der Waals surface area contributed by atoms with Crippen LogP contribution in [0.25, 0.3) is 0 Å². The normalized spacial score (nSPS) is 18.2. The lowest BCUT2D eigenvalue weighted by Gasteiger charge is -2.26. The highest BCUT2D eigenvalue weighted by atomic mass is 16.4. The van der Waals surface area contributed by atoms with Crippen LogP contribution in [0.15, 0.2) is 24.3 Å². The fraction of sp³-hybridized carbons (Fsp3) is 0.417. The first-order valence-corrected chi connectivity index (χ1v) is 5.26. The van der Waals surface area contributed by atoms with Crippen molar-refractivity contribution in [2.24, 2.45) is 5.73 Å². The molecule has 1 saturated carbocycles. The standard InChI is InChI=1S/C12H15NO2/c13-11(12(14)15)10-6-2-5-9(7-10)8-3-1-4-8/h2,5-8,11H,1,3-4,13H2,(H,14,15). The van der Waals surface area contributed by atoms with E-state index in [2.05, 4.69) is 6.07 Å². The van der Waals surface area contributed by atoms with E-state index in [4.69, 9.17) is 10.8 Å². The smallest absolute Gasteiger partial charge is 0.325 e. The van der Waals surface area contributed by atoms with Gasteiger partial charge in [0.05, 0.1) is 0 Å². The van der Waals surface area contributed by atoms with Gasteiger partial charge in [-0.3, -0.25) is 4.79 Å². The molecule has 80 valence electrons. The summed E-state index contributed by atoms with van der Waals surface area (Å²) >= 11 is 0. The van der Waals surface area contributed by atoms with Gasteiger partial charge in [0.25, 0.3) is 0 Å². The van der Waals surface area contributed by atoms with E-state index in [0.717, 1.165) is 0 Å². The molecule has 3 heteroatoms. The molecule has 0 radical (unpaired) electrons. The molecule has 1 aromatic rings. The SMILES string of the molecule is NC(C(=O)O)c1cccc(C2CCC2)c1. The van der Waals surface area contributed by atoms with Gasteiger partial charge in [-0.2, -0.15) is 0 Å². The van der Waals surface area contributed by atoms with Crippen LogP contribution in [0.2, 0.25) is 0 Å². The maximum Gasteiger partial charge on any atom is 0.325 e. The van der Waals surface area contributed by atoms with E-state index >= 15 is 0 Å². The van der Waals surface area contributed by atoms with Gasteiger partial charge >= 0.3 is 5.97 Å². The van der Waals surface area contributed by atoms with E-state index in [9.17, 15) is 4.79 Å². The summed E-state index contributed by atoms with van der Waals surface area (Å²) < 4.78 is 0. The first-order chi connectivity index (χ1) is 7.18. The number of carboxylic acids is 1. The highest BCUT2D eigenvalue weighted by Crippen LogP contribution is 2.36. The Labute approximate surface area is 88.9 Å². The van der Waals surface area contributed by atoms with Crippen molar-refractivity contribution < 1.29 is 9.90 Å². The molecule has 0 heterocycles. The molecule has 0 aromatic heterocycles. The van der Waals surface area contributed by atoms with Crippen molar-refractivity contribution in [3.8, 4) is 0 Å². The first kappa shape index (κ1) is 10.2. The molecule has 15 heavy (non-hydrogen) atoms. The van der Waals surface area contributed by atoms with Crippen LogP contribution in [0.5, 0.6) is 0 Å². The molecule has 0 bridgehead atoms. The zero-order valence-electron chi connectivity index (χ0n) is 8.52. The molecule has 0 saturated heterocycles. The number of rotatable bonds is 3. The van der Waals surface area contributed by atoms with Gasteiger partial charge in [-0.1, -0.05) is 30.7 Å². The Bertz CT molecular complexity index is 372. The first-order valence-electron chi connectivity index (χ1n) is 5.26. The summed E-state index contributed by atoms with van der Waals surface area (Å²) in [7, 11) is 0. The number of hydrogen-bond donors (Lipinski definition) is 2. The topological polar surface area (TPSA) is 63.3 Å². The molecule has 0 spiro atoms. The van der Waals surface area contributed by atoms with Crippen molar-refractivity contribution >= 4 is 5.97 Å². The molecule has 1 atom stereocenters. The third-order valence-electron chi connectivity index (χ3n) is 3.11. The predicted molar refractivity (Wildman–Crippen MR) is 57.6 cm³/mol. The summed E-state index contributed by atoms with van der Waals surface area (Å²) in [5, 5.41) is 8.81. The van der Waals surface area contributed by atoms with Crippen LogP contribution >= 0.6 is 0 Å². The van der Waals surface area contributed by atoms with Gasteiger partial charge in [0.1, 0.15) is 6.04 Å². The number of hydrogen-bond acceptors (Lipinski definition) is 2. The molecule has 0 aliphatic heterocycles. The van der Waals surface area contributed by atoms with Crippen molar-refractivity contribution in [2.75, 3.05) is 0 Å².